The van der Waals surface area contributed by atoms with Gasteiger partial charge in [-0.05, 0) is 55.5 Å². The first kappa shape index (κ1) is 20.7. The lowest BCUT2D eigenvalue weighted by molar-refractivity contribution is -0.137. The van der Waals surface area contributed by atoms with Crippen LogP contribution in [0, 0.1) is 6.92 Å². The highest BCUT2D eigenvalue weighted by Gasteiger charge is 2.50. The molecule has 4 rings (SSSR count). The number of likely N-dealkylation sites (tertiary alicyclic amines) is 1. The third-order valence-corrected chi connectivity index (χ3v) is 6.24. The smallest absolute Gasteiger partial charge is 0.416 e. The molecule has 8 heteroatoms. The van der Waals surface area contributed by atoms with Crippen molar-refractivity contribution < 1.29 is 22.7 Å². The van der Waals surface area contributed by atoms with Crippen LogP contribution >= 0.6 is 0 Å². The number of aromatic nitrogens is 1. The van der Waals surface area contributed by atoms with Gasteiger partial charge in [-0.2, -0.15) is 13.2 Å². The lowest BCUT2D eigenvalue weighted by Crippen LogP contribution is -2.47. The summed E-state index contributed by atoms with van der Waals surface area (Å²) in [6.45, 7) is 2.59. The molecule has 1 aromatic carbocycles. The number of nitrogens with zero attached hydrogens (tertiary/aromatic N) is 2. The van der Waals surface area contributed by atoms with Gasteiger partial charge in [-0.25, -0.2) is 0 Å². The Morgan fingerprint density at radius 1 is 1.23 bits per heavy atom. The molecule has 1 amide bonds. The average Bonchev–Trinajstić information content (AvgIpc) is 3.27. The van der Waals surface area contributed by atoms with E-state index in [2.05, 4.69) is 10.3 Å². The van der Waals surface area contributed by atoms with E-state index in [9.17, 15) is 18.0 Å². The van der Waals surface area contributed by atoms with E-state index in [0.717, 1.165) is 54.8 Å². The van der Waals surface area contributed by atoms with Gasteiger partial charge < -0.3 is 9.64 Å². The summed E-state index contributed by atoms with van der Waals surface area (Å²) in [5.41, 5.74) is 1.67. The molecule has 0 unspecified atom stereocenters. The first-order chi connectivity index (χ1) is 14.1. The van der Waals surface area contributed by atoms with Gasteiger partial charge in [0.15, 0.2) is 0 Å². The number of methoxy groups -OCH3 is 1. The monoisotopic (exact) mass is 419 g/mol. The number of likely N-dealkylation sites (N-methyl/N-ethyl adjacent to an activating group) is 1. The highest BCUT2D eigenvalue weighted by atomic mass is 19.4. The summed E-state index contributed by atoms with van der Waals surface area (Å²) in [5, 5.41) is 3.48. The van der Waals surface area contributed by atoms with E-state index < -0.39 is 17.3 Å². The van der Waals surface area contributed by atoms with Crippen LogP contribution in [-0.4, -0.2) is 42.0 Å². The third-order valence-electron chi connectivity index (χ3n) is 6.24. The number of hydrogen-bond acceptors (Lipinski definition) is 4. The van der Waals surface area contributed by atoms with Crippen molar-refractivity contribution in [3.05, 3.63) is 47.3 Å². The molecule has 0 radical (unpaired) electrons. The minimum absolute atomic E-state index is 0.0831. The van der Waals surface area contributed by atoms with Crippen molar-refractivity contribution >= 4 is 5.91 Å². The van der Waals surface area contributed by atoms with E-state index in [1.54, 1.807) is 11.1 Å². The van der Waals surface area contributed by atoms with Crippen LogP contribution in [0.25, 0.3) is 11.1 Å². The van der Waals surface area contributed by atoms with Crippen molar-refractivity contribution in [2.24, 2.45) is 0 Å². The maximum atomic E-state index is 13.1. The molecule has 160 valence electrons. The lowest BCUT2D eigenvalue weighted by Gasteiger charge is -2.23. The van der Waals surface area contributed by atoms with Gasteiger partial charge in [0.2, 0.25) is 5.91 Å². The Kier molecular flexibility index (Phi) is 5.00. The van der Waals surface area contributed by atoms with Gasteiger partial charge in [0.25, 0.3) is 0 Å². The molecular weight excluding hydrogens is 395 g/mol. The van der Waals surface area contributed by atoms with E-state index in [1.165, 1.54) is 13.2 Å². The molecule has 2 saturated heterocycles. The first-order valence-electron chi connectivity index (χ1n) is 9.90. The Hall–Kier alpha value is -2.61. The van der Waals surface area contributed by atoms with Gasteiger partial charge in [-0.15, -0.1) is 0 Å². The second-order valence-electron chi connectivity index (χ2n) is 8.13. The van der Waals surface area contributed by atoms with Crippen molar-refractivity contribution in [1.82, 2.24) is 15.2 Å². The van der Waals surface area contributed by atoms with E-state index in [4.69, 9.17) is 4.74 Å². The quantitative estimate of drug-likeness (QED) is 0.814. The zero-order chi connectivity index (χ0) is 21.7. The lowest BCUT2D eigenvalue weighted by atomic mass is 9.95. The molecule has 3 heterocycles. The summed E-state index contributed by atoms with van der Waals surface area (Å²) < 4.78 is 44.5. The van der Waals surface area contributed by atoms with Crippen LogP contribution in [-0.2, 0) is 11.0 Å². The van der Waals surface area contributed by atoms with Crippen molar-refractivity contribution in [1.29, 1.82) is 0 Å². The minimum Gasteiger partial charge on any atom is -0.496 e. The molecule has 5 nitrogen and oxygen atoms in total. The van der Waals surface area contributed by atoms with Gasteiger partial charge in [0, 0.05) is 25.4 Å². The largest absolute Gasteiger partial charge is 0.496 e. The predicted molar refractivity (Wildman–Crippen MR) is 106 cm³/mol. The second-order valence-corrected chi connectivity index (χ2v) is 8.13. The number of carbonyl (C=O) groups is 1. The molecular formula is C22H24F3N3O2. The number of halogens is 3. The second kappa shape index (κ2) is 7.27. The highest BCUT2D eigenvalue weighted by molar-refractivity contribution is 5.88. The molecule has 2 aromatic rings. The molecule has 2 aliphatic rings. The minimum atomic E-state index is -4.44. The highest BCUT2D eigenvalue weighted by Crippen LogP contribution is 2.41. The number of amides is 1. The third kappa shape index (κ3) is 3.43. The molecule has 2 atom stereocenters. The standard InChI is InChI=1S/C22H24F3N3O2/c1-13-12-26-18(17-6-7-21(27-17)8-9-28(2)20(21)29)11-16(13)15-5-4-14(22(23,24)25)10-19(15)30-3/h4-5,10-12,17,27H,6-9H2,1-3H3/t17-,21+/m1/s1. The van der Waals surface area contributed by atoms with Crippen LogP contribution in [0.3, 0.4) is 0 Å². The van der Waals surface area contributed by atoms with Gasteiger partial charge in [0.1, 0.15) is 11.3 Å². The van der Waals surface area contributed by atoms with E-state index in [1.807, 2.05) is 20.0 Å². The summed E-state index contributed by atoms with van der Waals surface area (Å²) in [6.07, 6.45) is -0.427. The molecule has 1 spiro atoms. The predicted octanol–water partition coefficient (Wildman–Crippen LogP) is 4.11. The number of nitrogens with one attached hydrogen (secondary N) is 1. The summed E-state index contributed by atoms with van der Waals surface area (Å²) in [6, 6.07) is 5.32. The number of benzene rings is 1. The van der Waals surface area contributed by atoms with Gasteiger partial charge in [-0.3, -0.25) is 15.1 Å². The number of hydrogen-bond donors (Lipinski definition) is 1. The zero-order valence-electron chi connectivity index (χ0n) is 17.1. The Balaban J connectivity index is 1.68. The number of carbonyl (C=O) groups excluding carboxylic acids is 1. The normalized spacial score (nSPS) is 24.1. The summed E-state index contributed by atoms with van der Waals surface area (Å²) in [5.74, 6) is 0.273. The van der Waals surface area contributed by atoms with Crippen molar-refractivity contribution in [2.75, 3.05) is 20.7 Å². The maximum absolute atomic E-state index is 13.1. The molecule has 2 aliphatic heterocycles. The summed E-state index contributed by atoms with van der Waals surface area (Å²) in [7, 11) is 3.17. The van der Waals surface area contributed by atoms with Crippen molar-refractivity contribution in [3.8, 4) is 16.9 Å². The molecule has 1 aromatic heterocycles. The molecule has 0 saturated carbocycles. The topological polar surface area (TPSA) is 54.5 Å². The van der Waals surface area contributed by atoms with Gasteiger partial charge in [0.05, 0.1) is 24.4 Å². The van der Waals surface area contributed by atoms with Gasteiger partial charge >= 0.3 is 6.18 Å². The van der Waals surface area contributed by atoms with Crippen molar-refractivity contribution in [3.63, 3.8) is 0 Å². The van der Waals surface area contributed by atoms with E-state index >= 15 is 0 Å². The molecule has 0 aliphatic carbocycles. The molecule has 1 N–H and O–H groups in total. The van der Waals surface area contributed by atoms with Crippen LogP contribution in [0.1, 0.15) is 42.1 Å². The Labute approximate surface area is 173 Å². The fourth-order valence-corrected chi connectivity index (χ4v) is 4.50. The van der Waals surface area contributed by atoms with Crippen LogP contribution < -0.4 is 10.1 Å². The fourth-order valence-electron chi connectivity index (χ4n) is 4.50. The summed E-state index contributed by atoms with van der Waals surface area (Å²) >= 11 is 0. The van der Waals surface area contributed by atoms with Crippen LogP contribution in [0.5, 0.6) is 5.75 Å². The SMILES string of the molecule is COc1cc(C(F)(F)F)ccc1-c1cc([C@H]2CC[C@@]3(CCN(C)C3=O)N2)ncc1C. The van der Waals surface area contributed by atoms with E-state index in [0.29, 0.717) is 5.56 Å². The maximum Gasteiger partial charge on any atom is 0.416 e. The number of alkyl halides is 3. The van der Waals surface area contributed by atoms with Crippen LogP contribution in [0.2, 0.25) is 0 Å². The number of aryl methyl sites for hydroxylation is 1. The van der Waals surface area contributed by atoms with Gasteiger partial charge in [-0.1, -0.05) is 6.07 Å². The first-order valence-corrected chi connectivity index (χ1v) is 9.90. The number of rotatable bonds is 3. The fraction of sp³-hybridized carbons (Fsp3) is 0.455. The zero-order valence-corrected chi connectivity index (χ0v) is 17.1. The Morgan fingerprint density at radius 3 is 2.63 bits per heavy atom. The molecule has 0 bridgehead atoms. The van der Waals surface area contributed by atoms with E-state index in [-0.39, 0.29) is 17.7 Å². The number of ether oxygens (including phenoxy) is 1. The number of pyridine rings is 1. The summed E-state index contributed by atoms with van der Waals surface area (Å²) in [4.78, 5) is 18.9. The average molecular weight is 419 g/mol. The Morgan fingerprint density at radius 2 is 2.00 bits per heavy atom. The van der Waals surface area contributed by atoms with Crippen molar-refractivity contribution in [2.45, 2.75) is 43.9 Å². The van der Waals surface area contributed by atoms with Crippen LogP contribution in [0.15, 0.2) is 30.5 Å². The molecule has 2 fully saturated rings. The van der Waals surface area contributed by atoms with Crippen LogP contribution in [0.4, 0.5) is 13.2 Å². The Bertz CT molecular complexity index is 992. The molecule has 30 heavy (non-hydrogen) atoms.